The Morgan fingerprint density at radius 3 is 1.48 bits per heavy atom. The van der Waals surface area contributed by atoms with Crippen molar-refractivity contribution in [2.24, 2.45) is 11.8 Å². The zero-order valence-electron chi connectivity index (χ0n) is 14.2. The molecule has 0 fully saturated rings. The summed E-state index contributed by atoms with van der Waals surface area (Å²) in [6.07, 6.45) is 9.31. The van der Waals surface area contributed by atoms with Gasteiger partial charge in [0.25, 0.3) is 0 Å². The first-order valence-corrected chi connectivity index (χ1v) is 9.50. The van der Waals surface area contributed by atoms with Crippen LogP contribution >= 0.6 is 8.25 Å². The van der Waals surface area contributed by atoms with Crippen molar-refractivity contribution in [3.05, 3.63) is 0 Å². The smallest absolute Gasteiger partial charge is 0.119 e. The molecule has 0 saturated heterocycles. The zero-order valence-corrected chi connectivity index (χ0v) is 16.2. The molecule has 0 saturated carbocycles. The van der Waals surface area contributed by atoms with Crippen LogP contribution in [0.4, 0.5) is 0 Å². The molecule has 0 aliphatic carbocycles. The van der Waals surface area contributed by atoms with Crippen LogP contribution in [0.25, 0.3) is 0 Å². The Hall–Kier alpha value is 0.526. The topological polar surface area (TPSA) is 35.5 Å². The van der Waals surface area contributed by atoms with Crippen LogP contribution in [0.15, 0.2) is 0 Å². The van der Waals surface area contributed by atoms with Gasteiger partial charge in [0, 0.05) is 4.57 Å². The fraction of sp³-hybridized carbons (Fsp3) is 1.00. The monoisotopic (exact) mass is 364 g/mol. The standard InChI is InChI=1S/C16H34O3P.Co/c1-5-9-11-15(7-3)13-18-20(17)19-14-16(8-4)12-10-6-2;/h15-16H,5-14H2,1-4H3;/q+1;+2. The summed E-state index contributed by atoms with van der Waals surface area (Å²) in [6.45, 7) is 9.84. The molecule has 0 N–H and O–H groups in total. The van der Waals surface area contributed by atoms with Gasteiger partial charge in [-0.15, -0.1) is 9.05 Å². The molecule has 2 atom stereocenters. The molecule has 0 rings (SSSR count). The molecule has 0 aromatic heterocycles. The predicted octanol–water partition coefficient (Wildman–Crippen LogP) is 6.11. The summed E-state index contributed by atoms with van der Waals surface area (Å²) in [6, 6.07) is 0. The minimum atomic E-state index is -1.94. The van der Waals surface area contributed by atoms with Crippen LogP contribution < -0.4 is 0 Å². The molecule has 0 aromatic rings. The second kappa shape index (κ2) is 16.9. The third kappa shape index (κ3) is 13.9. The summed E-state index contributed by atoms with van der Waals surface area (Å²) < 4.78 is 22.5. The quantitative estimate of drug-likeness (QED) is 0.349. The molecular formula is C16H34CoO3P+3. The maximum atomic E-state index is 11.7. The van der Waals surface area contributed by atoms with Crippen LogP contribution in [0.1, 0.15) is 79.1 Å². The molecule has 0 spiro atoms. The Morgan fingerprint density at radius 2 is 1.19 bits per heavy atom. The summed E-state index contributed by atoms with van der Waals surface area (Å²) in [5.41, 5.74) is 0. The second-order valence-corrected chi connectivity index (χ2v) is 6.61. The molecule has 0 bridgehead atoms. The van der Waals surface area contributed by atoms with E-state index in [9.17, 15) is 4.57 Å². The predicted molar refractivity (Wildman–Crippen MR) is 86.1 cm³/mol. The van der Waals surface area contributed by atoms with E-state index in [-0.39, 0.29) is 16.8 Å². The molecule has 0 aromatic carbocycles. The summed E-state index contributed by atoms with van der Waals surface area (Å²) in [7, 11) is -1.94. The largest absolute Gasteiger partial charge is 2.00 e. The van der Waals surface area contributed by atoms with Crippen LogP contribution in [-0.4, -0.2) is 13.2 Å². The summed E-state index contributed by atoms with van der Waals surface area (Å²) in [4.78, 5) is 0. The first kappa shape index (κ1) is 23.8. The van der Waals surface area contributed by atoms with Crippen molar-refractivity contribution in [2.45, 2.75) is 79.1 Å². The third-order valence-electron chi connectivity index (χ3n) is 3.92. The van der Waals surface area contributed by atoms with Gasteiger partial charge in [0.15, 0.2) is 0 Å². The molecule has 0 heterocycles. The fourth-order valence-corrected chi connectivity index (χ4v) is 2.91. The van der Waals surface area contributed by atoms with Crippen LogP contribution in [0.5, 0.6) is 0 Å². The minimum absolute atomic E-state index is 0. The molecular weight excluding hydrogens is 330 g/mol. The molecule has 0 amide bonds. The van der Waals surface area contributed by atoms with E-state index >= 15 is 0 Å². The van der Waals surface area contributed by atoms with Gasteiger partial charge >= 0.3 is 25.0 Å². The van der Waals surface area contributed by atoms with Crippen LogP contribution in [0, 0.1) is 11.8 Å². The molecule has 0 aliphatic rings. The van der Waals surface area contributed by atoms with Gasteiger partial charge in [-0.1, -0.05) is 66.2 Å². The van der Waals surface area contributed by atoms with Crippen molar-refractivity contribution in [2.75, 3.05) is 13.2 Å². The average Bonchev–Trinajstić information content (AvgIpc) is 2.47. The maximum absolute atomic E-state index is 11.7. The Kier molecular flexibility index (Phi) is 19.1. The van der Waals surface area contributed by atoms with Gasteiger partial charge in [-0.05, 0) is 24.7 Å². The van der Waals surface area contributed by atoms with Gasteiger partial charge in [0.1, 0.15) is 13.2 Å². The van der Waals surface area contributed by atoms with E-state index in [4.69, 9.17) is 9.05 Å². The number of unbranched alkanes of at least 4 members (excludes halogenated alkanes) is 2. The first-order valence-electron chi connectivity index (χ1n) is 8.40. The zero-order chi connectivity index (χ0) is 15.2. The van der Waals surface area contributed by atoms with Crippen molar-refractivity contribution in [3.63, 3.8) is 0 Å². The van der Waals surface area contributed by atoms with Crippen molar-refractivity contribution in [1.29, 1.82) is 0 Å². The third-order valence-corrected chi connectivity index (χ3v) is 4.64. The van der Waals surface area contributed by atoms with E-state index in [0.717, 1.165) is 25.7 Å². The number of hydrogen-bond acceptors (Lipinski definition) is 3. The van der Waals surface area contributed by atoms with Crippen LogP contribution in [0.3, 0.4) is 0 Å². The Bertz CT molecular complexity index is 218. The van der Waals surface area contributed by atoms with E-state index in [0.29, 0.717) is 25.0 Å². The van der Waals surface area contributed by atoms with Gasteiger partial charge in [-0.3, -0.25) is 0 Å². The summed E-state index contributed by atoms with van der Waals surface area (Å²) >= 11 is 0. The summed E-state index contributed by atoms with van der Waals surface area (Å²) in [5, 5.41) is 0. The van der Waals surface area contributed by atoms with E-state index in [2.05, 4.69) is 27.7 Å². The fourth-order valence-electron chi connectivity index (χ4n) is 2.17. The molecule has 3 nitrogen and oxygen atoms in total. The Labute approximate surface area is 143 Å². The van der Waals surface area contributed by atoms with Gasteiger partial charge in [0.2, 0.25) is 0 Å². The van der Waals surface area contributed by atoms with E-state index in [1.165, 1.54) is 25.7 Å². The minimum Gasteiger partial charge on any atom is -0.119 e. The molecule has 127 valence electrons. The number of hydrogen-bond donors (Lipinski definition) is 0. The van der Waals surface area contributed by atoms with E-state index in [1.807, 2.05) is 0 Å². The Morgan fingerprint density at radius 1 is 0.810 bits per heavy atom. The molecule has 0 aliphatic heterocycles. The van der Waals surface area contributed by atoms with E-state index < -0.39 is 8.25 Å². The van der Waals surface area contributed by atoms with Crippen molar-refractivity contribution in [1.82, 2.24) is 0 Å². The maximum Gasteiger partial charge on any atom is 2.00 e. The van der Waals surface area contributed by atoms with Gasteiger partial charge in [-0.2, -0.15) is 0 Å². The van der Waals surface area contributed by atoms with Gasteiger partial charge in [-0.25, -0.2) is 0 Å². The van der Waals surface area contributed by atoms with Crippen LogP contribution in [-0.2, 0) is 30.4 Å². The Balaban J connectivity index is 0. The summed E-state index contributed by atoms with van der Waals surface area (Å²) in [5.74, 6) is 1.03. The van der Waals surface area contributed by atoms with Crippen LogP contribution in [0.2, 0.25) is 0 Å². The van der Waals surface area contributed by atoms with Gasteiger partial charge < -0.3 is 0 Å². The molecule has 5 heteroatoms. The van der Waals surface area contributed by atoms with E-state index in [1.54, 1.807) is 0 Å². The normalized spacial score (nSPS) is 14.4. The first-order chi connectivity index (χ1) is 9.67. The molecule has 2 unspecified atom stereocenters. The number of rotatable bonds is 14. The molecule has 1 radical (unpaired) electrons. The SMILES string of the molecule is CCCCC(CC)CO[P+](=O)OCC(CC)CCCC.[Co+2]. The van der Waals surface area contributed by atoms with Gasteiger partial charge in [0.05, 0.1) is 0 Å². The molecule has 21 heavy (non-hydrogen) atoms. The van der Waals surface area contributed by atoms with Crippen molar-refractivity contribution >= 4 is 8.25 Å². The average molecular weight is 364 g/mol. The second-order valence-electron chi connectivity index (χ2n) is 5.65. The van der Waals surface area contributed by atoms with Crippen molar-refractivity contribution < 1.29 is 30.4 Å². The van der Waals surface area contributed by atoms with Crippen molar-refractivity contribution in [3.8, 4) is 0 Å².